The Bertz CT molecular complexity index is 894. The van der Waals surface area contributed by atoms with Crippen LogP contribution < -0.4 is 15.5 Å². The highest BCUT2D eigenvalue weighted by Gasteiger charge is 2.21. The fourth-order valence-electron chi connectivity index (χ4n) is 2.75. The molecule has 0 aliphatic carbocycles. The number of rotatable bonds is 7. The molecule has 2 rings (SSSR count). The summed E-state index contributed by atoms with van der Waals surface area (Å²) in [5.74, 6) is -0.607. The summed E-state index contributed by atoms with van der Waals surface area (Å²) >= 11 is 0. The van der Waals surface area contributed by atoms with Gasteiger partial charge in [-0.3, -0.25) is 19.7 Å². The standard InChI is InChI=1S/C20H24N4O4/c1-13-5-8-16(9-6-13)21-18(25)11-23(4)12-19(26)22-20-15(3)14(2)7-10-17(20)24(27)28/h5-10H,11-12H2,1-4H3,(H,21,25)(H,22,26)/p+1. The van der Waals surface area contributed by atoms with Gasteiger partial charge in [0.2, 0.25) is 0 Å². The van der Waals surface area contributed by atoms with Gasteiger partial charge in [0.25, 0.3) is 17.5 Å². The lowest BCUT2D eigenvalue weighted by atomic mass is 10.1. The molecule has 0 spiro atoms. The van der Waals surface area contributed by atoms with Crippen molar-refractivity contribution in [3.05, 3.63) is 63.2 Å². The zero-order valence-electron chi connectivity index (χ0n) is 16.5. The van der Waals surface area contributed by atoms with Crippen molar-refractivity contribution in [2.75, 3.05) is 30.8 Å². The van der Waals surface area contributed by atoms with Crippen molar-refractivity contribution in [3.8, 4) is 0 Å². The Morgan fingerprint density at radius 2 is 1.54 bits per heavy atom. The fourth-order valence-corrected chi connectivity index (χ4v) is 2.75. The van der Waals surface area contributed by atoms with Crippen LogP contribution in [0.3, 0.4) is 0 Å². The highest BCUT2D eigenvalue weighted by atomic mass is 16.6. The zero-order valence-corrected chi connectivity index (χ0v) is 16.5. The molecule has 0 aromatic heterocycles. The third-order valence-electron chi connectivity index (χ3n) is 4.43. The van der Waals surface area contributed by atoms with Crippen molar-refractivity contribution < 1.29 is 19.4 Å². The van der Waals surface area contributed by atoms with Crippen LogP contribution in [0, 0.1) is 30.9 Å². The number of hydrogen-bond acceptors (Lipinski definition) is 4. The molecule has 1 atom stereocenters. The number of likely N-dealkylation sites (N-methyl/N-ethyl adjacent to an activating group) is 1. The molecular weight excluding hydrogens is 360 g/mol. The average Bonchev–Trinajstić information content (AvgIpc) is 2.60. The molecule has 0 saturated heterocycles. The molecule has 8 nitrogen and oxygen atoms in total. The van der Waals surface area contributed by atoms with Crippen molar-refractivity contribution in [2.24, 2.45) is 0 Å². The number of nitrogens with one attached hydrogen (secondary N) is 3. The van der Waals surface area contributed by atoms with E-state index in [4.69, 9.17) is 0 Å². The van der Waals surface area contributed by atoms with E-state index >= 15 is 0 Å². The molecule has 0 saturated carbocycles. The van der Waals surface area contributed by atoms with E-state index in [1.165, 1.54) is 6.07 Å². The summed E-state index contributed by atoms with van der Waals surface area (Å²) in [4.78, 5) is 35.9. The topological polar surface area (TPSA) is 106 Å². The number of carbonyl (C=O) groups excluding carboxylic acids is 2. The molecule has 2 aromatic rings. The van der Waals surface area contributed by atoms with Crippen LogP contribution in [-0.4, -0.2) is 36.9 Å². The summed E-state index contributed by atoms with van der Waals surface area (Å²) in [5, 5.41) is 16.6. The van der Waals surface area contributed by atoms with Crippen LogP contribution in [0.15, 0.2) is 36.4 Å². The van der Waals surface area contributed by atoms with Gasteiger partial charge < -0.3 is 15.5 Å². The van der Waals surface area contributed by atoms with Crippen LogP contribution in [-0.2, 0) is 9.59 Å². The first-order valence-electron chi connectivity index (χ1n) is 8.89. The van der Waals surface area contributed by atoms with E-state index in [-0.39, 0.29) is 30.4 Å². The molecule has 2 aromatic carbocycles. The van der Waals surface area contributed by atoms with E-state index < -0.39 is 10.8 Å². The lowest BCUT2D eigenvalue weighted by Crippen LogP contribution is -3.11. The number of aryl methyl sites for hydroxylation is 2. The molecule has 0 fully saturated rings. The summed E-state index contributed by atoms with van der Waals surface area (Å²) in [6.07, 6.45) is 0. The van der Waals surface area contributed by atoms with Gasteiger partial charge in [-0.25, -0.2) is 0 Å². The van der Waals surface area contributed by atoms with Crippen LogP contribution in [0.25, 0.3) is 0 Å². The van der Waals surface area contributed by atoms with E-state index in [0.29, 0.717) is 16.2 Å². The van der Waals surface area contributed by atoms with E-state index in [1.807, 2.05) is 38.1 Å². The highest BCUT2D eigenvalue weighted by molar-refractivity contribution is 5.95. The van der Waals surface area contributed by atoms with Crippen molar-refractivity contribution in [2.45, 2.75) is 20.8 Å². The van der Waals surface area contributed by atoms with Gasteiger partial charge in [-0.2, -0.15) is 0 Å². The summed E-state index contributed by atoms with van der Waals surface area (Å²) in [5.41, 5.74) is 3.34. The third kappa shape index (κ3) is 5.62. The minimum atomic E-state index is -0.520. The molecular formula is C20H25N4O4+. The van der Waals surface area contributed by atoms with Gasteiger partial charge in [-0.1, -0.05) is 23.8 Å². The van der Waals surface area contributed by atoms with Gasteiger partial charge in [-0.15, -0.1) is 0 Å². The predicted molar refractivity (Wildman–Crippen MR) is 108 cm³/mol. The first-order valence-corrected chi connectivity index (χ1v) is 8.89. The molecule has 148 valence electrons. The lowest BCUT2D eigenvalue weighted by molar-refractivity contribution is -0.862. The number of nitro benzene ring substituents is 1. The van der Waals surface area contributed by atoms with E-state index in [2.05, 4.69) is 10.6 Å². The molecule has 8 heteroatoms. The van der Waals surface area contributed by atoms with E-state index in [0.717, 1.165) is 11.1 Å². The van der Waals surface area contributed by atoms with Crippen LogP contribution >= 0.6 is 0 Å². The van der Waals surface area contributed by atoms with Crippen molar-refractivity contribution in [3.63, 3.8) is 0 Å². The van der Waals surface area contributed by atoms with Crippen molar-refractivity contribution >= 4 is 28.9 Å². The minimum Gasteiger partial charge on any atom is -0.322 e. The Morgan fingerprint density at radius 1 is 0.964 bits per heavy atom. The minimum absolute atomic E-state index is 0.00581. The largest absolute Gasteiger partial charge is 0.322 e. The Hall–Kier alpha value is -3.26. The maximum absolute atomic E-state index is 12.4. The third-order valence-corrected chi connectivity index (χ3v) is 4.43. The van der Waals surface area contributed by atoms with E-state index in [9.17, 15) is 19.7 Å². The molecule has 2 amide bonds. The van der Waals surface area contributed by atoms with Crippen LogP contribution in [0.1, 0.15) is 16.7 Å². The molecule has 3 N–H and O–H groups in total. The molecule has 0 radical (unpaired) electrons. The Balaban J connectivity index is 1.96. The average molecular weight is 385 g/mol. The maximum Gasteiger partial charge on any atom is 0.293 e. The van der Waals surface area contributed by atoms with E-state index in [1.54, 1.807) is 20.0 Å². The van der Waals surface area contributed by atoms with Crippen LogP contribution in [0.5, 0.6) is 0 Å². The van der Waals surface area contributed by atoms with Crippen molar-refractivity contribution in [1.29, 1.82) is 0 Å². The molecule has 0 bridgehead atoms. The number of amides is 2. The van der Waals surface area contributed by atoms with Gasteiger partial charge in [0.05, 0.1) is 12.0 Å². The Morgan fingerprint density at radius 3 is 2.11 bits per heavy atom. The number of benzene rings is 2. The van der Waals surface area contributed by atoms with Gasteiger partial charge in [0.15, 0.2) is 13.1 Å². The summed E-state index contributed by atoms with van der Waals surface area (Å²) < 4.78 is 0. The second-order valence-electron chi connectivity index (χ2n) is 6.93. The number of nitro groups is 1. The Labute approximate surface area is 163 Å². The lowest BCUT2D eigenvalue weighted by Gasteiger charge is -2.15. The molecule has 0 heterocycles. The number of nitrogens with zero attached hydrogens (tertiary/aromatic N) is 1. The second kappa shape index (κ2) is 9.09. The summed E-state index contributed by atoms with van der Waals surface area (Å²) in [6, 6.07) is 10.5. The fraction of sp³-hybridized carbons (Fsp3) is 0.300. The van der Waals surface area contributed by atoms with Crippen molar-refractivity contribution in [1.82, 2.24) is 0 Å². The first-order chi connectivity index (χ1) is 13.2. The quantitative estimate of drug-likeness (QED) is 0.497. The number of anilines is 2. The normalized spacial score (nSPS) is 11.6. The van der Waals surface area contributed by atoms with Crippen LogP contribution in [0.2, 0.25) is 0 Å². The smallest absolute Gasteiger partial charge is 0.293 e. The monoisotopic (exact) mass is 385 g/mol. The predicted octanol–water partition coefficient (Wildman–Crippen LogP) is 1.61. The number of carbonyl (C=O) groups is 2. The van der Waals surface area contributed by atoms with Gasteiger partial charge >= 0.3 is 0 Å². The first kappa shape index (κ1) is 21.0. The maximum atomic E-state index is 12.4. The number of quaternary nitrogens is 1. The molecule has 1 unspecified atom stereocenters. The zero-order chi connectivity index (χ0) is 20.8. The van der Waals surface area contributed by atoms with Gasteiger partial charge in [0, 0.05) is 11.8 Å². The Kier molecular flexibility index (Phi) is 6.84. The highest BCUT2D eigenvalue weighted by Crippen LogP contribution is 2.29. The van der Waals surface area contributed by atoms with Gasteiger partial charge in [-0.05, 0) is 44.0 Å². The molecule has 28 heavy (non-hydrogen) atoms. The van der Waals surface area contributed by atoms with Crippen LogP contribution in [0.4, 0.5) is 17.1 Å². The second-order valence-corrected chi connectivity index (χ2v) is 6.93. The summed E-state index contributed by atoms with van der Waals surface area (Å²) in [7, 11) is 1.71. The SMILES string of the molecule is Cc1ccc(NC(=O)C[NH+](C)CC(=O)Nc2c([N+](=O)[O-])ccc(C)c2C)cc1. The molecule has 0 aliphatic heterocycles. The molecule has 0 aliphatic rings. The number of hydrogen-bond donors (Lipinski definition) is 3. The van der Waals surface area contributed by atoms with Gasteiger partial charge in [0.1, 0.15) is 5.69 Å². The summed E-state index contributed by atoms with van der Waals surface area (Å²) in [6.45, 7) is 5.61.